The van der Waals surface area contributed by atoms with E-state index in [4.69, 9.17) is 4.98 Å². The first-order valence-electron chi connectivity index (χ1n) is 9.67. The van der Waals surface area contributed by atoms with Gasteiger partial charge in [-0.25, -0.2) is 9.97 Å². The highest BCUT2D eigenvalue weighted by Gasteiger charge is 2.12. The van der Waals surface area contributed by atoms with E-state index in [-0.39, 0.29) is 5.56 Å². The van der Waals surface area contributed by atoms with Crippen molar-refractivity contribution in [3.8, 4) is 11.3 Å². The van der Waals surface area contributed by atoms with E-state index >= 15 is 0 Å². The number of hydrogen-bond donors (Lipinski definition) is 4. The van der Waals surface area contributed by atoms with E-state index in [2.05, 4.69) is 43.7 Å². The Hall–Kier alpha value is -3.85. The lowest BCUT2D eigenvalue weighted by molar-refractivity contribution is 0.972. The Labute approximate surface area is 181 Å². The van der Waals surface area contributed by atoms with Crippen molar-refractivity contribution in [3.05, 3.63) is 76.2 Å². The highest BCUT2D eigenvalue weighted by atomic mass is 32.2. The number of benzene rings is 2. The molecule has 0 aliphatic carbocycles. The Kier molecular flexibility index (Phi) is 4.79. The molecule has 4 N–H and O–H groups in total. The molecule has 0 saturated heterocycles. The van der Waals surface area contributed by atoms with E-state index in [0.29, 0.717) is 22.2 Å². The summed E-state index contributed by atoms with van der Waals surface area (Å²) in [5.74, 6) is 1.34. The highest BCUT2D eigenvalue weighted by Crippen LogP contribution is 2.31. The molecule has 0 aliphatic heterocycles. The Balaban J connectivity index is 1.55. The number of fused-ring (bicyclic) bond motifs is 1. The van der Waals surface area contributed by atoms with Crippen LogP contribution in [0.1, 0.15) is 11.3 Å². The van der Waals surface area contributed by atoms with Gasteiger partial charge in [-0.05, 0) is 49.4 Å². The van der Waals surface area contributed by atoms with Crippen molar-refractivity contribution in [1.82, 2.24) is 30.4 Å². The second-order valence-electron chi connectivity index (χ2n) is 7.19. The van der Waals surface area contributed by atoms with Gasteiger partial charge in [-0.2, -0.15) is 5.10 Å². The lowest BCUT2D eigenvalue weighted by Crippen LogP contribution is -1.99. The predicted octanol–water partition coefficient (Wildman–Crippen LogP) is 4.55. The highest BCUT2D eigenvalue weighted by molar-refractivity contribution is 7.99. The molecule has 0 spiro atoms. The average Bonchev–Trinajstić information content (AvgIpc) is 3.33. The number of aromatic amines is 3. The minimum atomic E-state index is -0.134. The summed E-state index contributed by atoms with van der Waals surface area (Å²) in [6.07, 6.45) is 0. The van der Waals surface area contributed by atoms with Crippen molar-refractivity contribution in [2.75, 3.05) is 5.32 Å². The van der Waals surface area contributed by atoms with Gasteiger partial charge in [0.05, 0.1) is 16.6 Å². The van der Waals surface area contributed by atoms with Gasteiger partial charge in [0.25, 0.3) is 5.56 Å². The van der Waals surface area contributed by atoms with Gasteiger partial charge in [0.1, 0.15) is 5.82 Å². The number of aryl methyl sites for hydroxylation is 2. The quantitative estimate of drug-likeness (QED) is 0.305. The first-order chi connectivity index (χ1) is 15.0. The molecule has 8 nitrogen and oxygen atoms in total. The summed E-state index contributed by atoms with van der Waals surface area (Å²) in [6.45, 7) is 4.00. The fourth-order valence-electron chi connectivity index (χ4n) is 3.33. The summed E-state index contributed by atoms with van der Waals surface area (Å²) in [4.78, 5) is 22.2. The summed E-state index contributed by atoms with van der Waals surface area (Å²) in [5.41, 5.74) is 4.56. The zero-order valence-corrected chi connectivity index (χ0v) is 17.7. The van der Waals surface area contributed by atoms with Crippen molar-refractivity contribution < 1.29 is 0 Å². The van der Waals surface area contributed by atoms with Crippen LogP contribution in [-0.4, -0.2) is 30.4 Å². The Bertz CT molecular complexity index is 1450. The third-order valence-electron chi connectivity index (χ3n) is 4.84. The molecule has 9 heteroatoms. The minimum absolute atomic E-state index is 0.134. The fraction of sp³-hybridized carbons (Fsp3) is 0.0909. The van der Waals surface area contributed by atoms with Crippen LogP contribution >= 0.6 is 11.8 Å². The fourth-order valence-corrected chi connectivity index (χ4v) is 4.14. The van der Waals surface area contributed by atoms with E-state index in [1.165, 1.54) is 11.8 Å². The maximum Gasteiger partial charge on any atom is 0.271 e. The van der Waals surface area contributed by atoms with E-state index in [1.807, 2.05) is 49.4 Å². The van der Waals surface area contributed by atoms with Crippen LogP contribution in [0.25, 0.3) is 22.2 Å². The SMILES string of the molecule is Cc1cc(Nc2cc(-c3ccccc3C)nc(Sc3ccc4c(=O)[nH][nH]c4c3)n2)n[nH]1. The Morgan fingerprint density at radius 2 is 1.81 bits per heavy atom. The van der Waals surface area contributed by atoms with Crippen molar-refractivity contribution in [2.45, 2.75) is 23.9 Å². The molecule has 154 valence electrons. The van der Waals surface area contributed by atoms with E-state index < -0.39 is 0 Å². The molecule has 31 heavy (non-hydrogen) atoms. The van der Waals surface area contributed by atoms with Crippen molar-refractivity contribution in [2.24, 2.45) is 0 Å². The maximum absolute atomic E-state index is 11.8. The van der Waals surface area contributed by atoms with Crippen LogP contribution in [0.15, 0.2) is 69.4 Å². The molecule has 3 aromatic heterocycles. The van der Waals surface area contributed by atoms with E-state index in [9.17, 15) is 4.79 Å². The molecule has 0 saturated carbocycles. The molecular weight excluding hydrogens is 410 g/mol. The molecule has 0 amide bonds. The molecule has 5 aromatic rings. The maximum atomic E-state index is 11.8. The lowest BCUT2D eigenvalue weighted by atomic mass is 10.1. The van der Waals surface area contributed by atoms with E-state index in [1.54, 1.807) is 6.07 Å². The average molecular weight is 430 g/mol. The molecule has 0 atom stereocenters. The van der Waals surface area contributed by atoms with Crippen LogP contribution in [0.5, 0.6) is 0 Å². The van der Waals surface area contributed by atoms with Crippen molar-refractivity contribution in [3.63, 3.8) is 0 Å². The standard InChI is InChI=1S/C22H19N7OS/c1-12-5-3-4-6-15(12)17-11-19(24-20-9-13(2)26-28-20)25-22(23-17)31-14-7-8-16-18(10-14)27-29-21(16)30/h3-11H,1-2H3,(H2,27,29,30)(H2,23,24,25,26,28). The first kappa shape index (κ1) is 19.1. The zero-order valence-electron chi connectivity index (χ0n) is 16.9. The van der Waals surface area contributed by atoms with Crippen LogP contribution in [0, 0.1) is 13.8 Å². The third-order valence-corrected chi connectivity index (χ3v) is 5.70. The minimum Gasteiger partial charge on any atom is -0.323 e. The van der Waals surface area contributed by atoms with Gasteiger partial charge in [0, 0.05) is 28.3 Å². The lowest BCUT2D eigenvalue weighted by Gasteiger charge is -2.10. The second-order valence-corrected chi connectivity index (χ2v) is 8.23. The Morgan fingerprint density at radius 1 is 0.935 bits per heavy atom. The van der Waals surface area contributed by atoms with Gasteiger partial charge < -0.3 is 5.32 Å². The van der Waals surface area contributed by atoms with Gasteiger partial charge >= 0.3 is 0 Å². The van der Waals surface area contributed by atoms with Gasteiger partial charge in [0.15, 0.2) is 11.0 Å². The Morgan fingerprint density at radius 3 is 2.61 bits per heavy atom. The number of anilines is 2. The van der Waals surface area contributed by atoms with Crippen molar-refractivity contribution >= 4 is 34.3 Å². The number of nitrogens with one attached hydrogen (secondary N) is 4. The summed E-state index contributed by atoms with van der Waals surface area (Å²) >= 11 is 1.43. The van der Waals surface area contributed by atoms with Gasteiger partial charge in [-0.1, -0.05) is 24.3 Å². The second kappa shape index (κ2) is 7.77. The predicted molar refractivity (Wildman–Crippen MR) is 122 cm³/mol. The molecular formula is C22H19N7OS. The summed E-state index contributed by atoms with van der Waals surface area (Å²) in [6, 6.07) is 17.5. The van der Waals surface area contributed by atoms with Crippen LogP contribution in [0.2, 0.25) is 0 Å². The topological polar surface area (TPSA) is 115 Å². The molecule has 0 aliphatic rings. The van der Waals surface area contributed by atoms with Crippen LogP contribution < -0.4 is 10.9 Å². The number of hydrogen-bond acceptors (Lipinski definition) is 6. The molecule has 0 radical (unpaired) electrons. The van der Waals surface area contributed by atoms with Crippen LogP contribution in [0.3, 0.4) is 0 Å². The smallest absolute Gasteiger partial charge is 0.271 e. The molecule has 2 aromatic carbocycles. The van der Waals surface area contributed by atoms with Gasteiger partial charge in [-0.15, -0.1) is 0 Å². The largest absolute Gasteiger partial charge is 0.323 e. The summed E-state index contributed by atoms with van der Waals surface area (Å²) < 4.78 is 0. The third kappa shape index (κ3) is 3.95. The molecule has 0 fully saturated rings. The van der Waals surface area contributed by atoms with Crippen LogP contribution in [-0.2, 0) is 0 Å². The normalized spacial score (nSPS) is 11.2. The van der Waals surface area contributed by atoms with Crippen LogP contribution in [0.4, 0.5) is 11.6 Å². The number of rotatable bonds is 5. The van der Waals surface area contributed by atoms with Gasteiger partial charge in [-0.3, -0.25) is 20.1 Å². The summed E-state index contributed by atoms with van der Waals surface area (Å²) in [5, 5.41) is 17.1. The van der Waals surface area contributed by atoms with Crippen molar-refractivity contribution in [1.29, 1.82) is 0 Å². The molecule has 0 bridgehead atoms. The van der Waals surface area contributed by atoms with E-state index in [0.717, 1.165) is 32.9 Å². The zero-order chi connectivity index (χ0) is 21.4. The molecule has 5 rings (SSSR count). The monoisotopic (exact) mass is 429 g/mol. The number of aromatic nitrogens is 6. The first-order valence-corrected chi connectivity index (χ1v) is 10.5. The number of H-pyrrole nitrogens is 3. The summed E-state index contributed by atoms with van der Waals surface area (Å²) in [7, 11) is 0. The van der Waals surface area contributed by atoms with Gasteiger partial charge in [0.2, 0.25) is 0 Å². The molecule has 0 unspecified atom stereocenters. The molecule has 3 heterocycles. The number of nitrogens with zero attached hydrogens (tertiary/aromatic N) is 3.